The second-order valence-corrected chi connectivity index (χ2v) is 7.96. The van der Waals surface area contributed by atoms with E-state index in [1.165, 1.54) is 0 Å². The van der Waals surface area contributed by atoms with Gasteiger partial charge < -0.3 is 35.8 Å². The SMILES string of the molecule is O=C[C@H](OC(=O)CCCC[C@@H]1SC[C@@H]2NC(=O)N[C@@H]21)[C@@H](O)[C@@H](O)[C@H](O)CO. The topological polar surface area (TPSA) is 165 Å². The number of carbonyl (C=O) groups excluding carboxylic acids is 3. The van der Waals surface area contributed by atoms with Gasteiger partial charge in [-0.05, 0) is 12.8 Å². The van der Waals surface area contributed by atoms with Gasteiger partial charge in [-0.1, -0.05) is 6.42 Å². The summed E-state index contributed by atoms with van der Waals surface area (Å²) in [6.45, 7) is -0.811. The molecule has 2 fully saturated rings. The molecule has 0 unspecified atom stereocenters. The van der Waals surface area contributed by atoms with E-state index in [1.54, 1.807) is 11.8 Å². The molecule has 0 aromatic heterocycles. The number of aldehydes is 1. The lowest BCUT2D eigenvalue weighted by atomic mass is 10.0. The molecule has 0 radical (unpaired) electrons. The summed E-state index contributed by atoms with van der Waals surface area (Å²) in [6.07, 6.45) is -4.67. The van der Waals surface area contributed by atoms with E-state index in [9.17, 15) is 29.7 Å². The summed E-state index contributed by atoms with van der Waals surface area (Å²) in [5, 5.41) is 43.4. The molecule has 0 saturated carbocycles. The van der Waals surface area contributed by atoms with Crippen LogP contribution in [0.15, 0.2) is 0 Å². The maximum absolute atomic E-state index is 11.8. The van der Waals surface area contributed by atoms with E-state index in [1.807, 2.05) is 0 Å². The van der Waals surface area contributed by atoms with Crippen LogP contribution in [0, 0.1) is 0 Å². The highest BCUT2D eigenvalue weighted by atomic mass is 32.2. The fourth-order valence-electron chi connectivity index (χ4n) is 3.18. The van der Waals surface area contributed by atoms with E-state index < -0.39 is 37.0 Å². The summed E-state index contributed by atoms with van der Waals surface area (Å²) in [6, 6.07) is 0.0994. The Hall–Kier alpha value is -1.40. The molecule has 2 aliphatic rings. The highest BCUT2D eigenvalue weighted by Crippen LogP contribution is 2.33. The first-order chi connectivity index (χ1) is 12.9. The van der Waals surface area contributed by atoms with Crippen LogP contribution < -0.4 is 10.6 Å². The Morgan fingerprint density at radius 1 is 1.26 bits per heavy atom. The van der Waals surface area contributed by atoms with Crippen LogP contribution in [-0.2, 0) is 14.3 Å². The summed E-state index contributed by atoms with van der Waals surface area (Å²) >= 11 is 1.78. The maximum Gasteiger partial charge on any atom is 0.315 e. The summed E-state index contributed by atoms with van der Waals surface area (Å²) in [4.78, 5) is 34.2. The first-order valence-corrected chi connectivity index (χ1v) is 9.90. The van der Waals surface area contributed by atoms with Gasteiger partial charge in [-0.3, -0.25) is 9.59 Å². The minimum absolute atomic E-state index is 0.0335. The molecule has 2 heterocycles. The molecule has 0 aromatic rings. The van der Waals surface area contributed by atoms with E-state index >= 15 is 0 Å². The number of hydrogen-bond acceptors (Lipinski definition) is 9. The Morgan fingerprint density at radius 3 is 2.67 bits per heavy atom. The number of esters is 1. The minimum Gasteiger partial charge on any atom is -0.452 e. The average Bonchev–Trinajstić information content (AvgIpc) is 3.20. The molecule has 0 aliphatic carbocycles. The number of carbonyl (C=O) groups is 3. The number of aliphatic hydroxyl groups excluding tert-OH is 4. The van der Waals surface area contributed by atoms with Crippen LogP contribution in [0.5, 0.6) is 0 Å². The van der Waals surface area contributed by atoms with Crippen LogP contribution in [0.2, 0.25) is 0 Å². The molecule has 6 N–H and O–H groups in total. The van der Waals surface area contributed by atoms with E-state index in [0.29, 0.717) is 6.42 Å². The highest BCUT2D eigenvalue weighted by molar-refractivity contribution is 8.00. The van der Waals surface area contributed by atoms with Gasteiger partial charge in [0.1, 0.15) is 18.3 Å². The van der Waals surface area contributed by atoms with Crippen LogP contribution in [0.25, 0.3) is 0 Å². The van der Waals surface area contributed by atoms with Crippen LogP contribution in [0.4, 0.5) is 4.79 Å². The number of ether oxygens (including phenoxy) is 1. The van der Waals surface area contributed by atoms with Gasteiger partial charge in [-0.25, -0.2) is 4.79 Å². The molecule has 27 heavy (non-hydrogen) atoms. The summed E-state index contributed by atoms with van der Waals surface area (Å²) in [5.41, 5.74) is 0. The number of thioether (sulfide) groups is 1. The maximum atomic E-state index is 11.8. The Morgan fingerprint density at radius 2 is 2.00 bits per heavy atom. The minimum atomic E-state index is -1.83. The third kappa shape index (κ3) is 5.79. The van der Waals surface area contributed by atoms with E-state index in [2.05, 4.69) is 10.6 Å². The monoisotopic (exact) mass is 406 g/mol. The molecular weight excluding hydrogens is 380 g/mol. The molecule has 11 heteroatoms. The average molecular weight is 406 g/mol. The predicted octanol–water partition coefficient (Wildman–Crippen LogP) is -2.10. The lowest BCUT2D eigenvalue weighted by molar-refractivity contribution is -0.168. The van der Waals surface area contributed by atoms with Crippen molar-refractivity contribution >= 4 is 30.0 Å². The lowest BCUT2D eigenvalue weighted by Crippen LogP contribution is -2.48. The number of aliphatic hydroxyl groups is 4. The van der Waals surface area contributed by atoms with Crippen molar-refractivity contribution in [3.63, 3.8) is 0 Å². The van der Waals surface area contributed by atoms with E-state index in [4.69, 9.17) is 9.84 Å². The van der Waals surface area contributed by atoms with Gasteiger partial charge in [0.05, 0.1) is 18.7 Å². The fourth-order valence-corrected chi connectivity index (χ4v) is 4.72. The van der Waals surface area contributed by atoms with Crippen molar-refractivity contribution in [2.45, 2.75) is 67.4 Å². The number of amides is 2. The smallest absolute Gasteiger partial charge is 0.315 e. The molecule has 2 amide bonds. The van der Waals surface area contributed by atoms with Crippen molar-refractivity contribution in [2.24, 2.45) is 0 Å². The van der Waals surface area contributed by atoms with Crippen LogP contribution >= 0.6 is 11.8 Å². The van der Waals surface area contributed by atoms with Gasteiger partial charge in [0, 0.05) is 17.4 Å². The van der Waals surface area contributed by atoms with E-state index in [-0.39, 0.29) is 36.1 Å². The van der Waals surface area contributed by atoms with Gasteiger partial charge in [-0.2, -0.15) is 11.8 Å². The number of nitrogens with one attached hydrogen (secondary N) is 2. The van der Waals surface area contributed by atoms with Gasteiger partial charge in [0.25, 0.3) is 0 Å². The standard InChI is InChI=1S/C16H26N2O8S/c19-5-9(21)14(23)15(24)10(6-20)26-12(22)4-2-1-3-11-13-8(7-27-11)17-16(25)18-13/h6,8-11,13-15,19,21,23-24H,1-5,7H2,(H2,17,18,25)/t8-,9+,10-,11-,13-,14-,15+/m0/s1. The second-order valence-electron chi connectivity index (χ2n) is 6.69. The normalized spacial score (nSPS) is 28.4. The lowest BCUT2D eigenvalue weighted by Gasteiger charge is -2.25. The van der Waals surface area contributed by atoms with Crippen molar-refractivity contribution in [3.8, 4) is 0 Å². The molecule has 2 saturated heterocycles. The first-order valence-electron chi connectivity index (χ1n) is 8.85. The Bertz CT molecular complexity index is 537. The number of hydrogen-bond donors (Lipinski definition) is 6. The summed E-state index contributed by atoms with van der Waals surface area (Å²) < 4.78 is 4.85. The zero-order valence-electron chi connectivity index (χ0n) is 14.7. The predicted molar refractivity (Wildman–Crippen MR) is 95.0 cm³/mol. The van der Waals surface area contributed by atoms with Crippen molar-refractivity contribution in [3.05, 3.63) is 0 Å². The molecule has 0 spiro atoms. The first kappa shape index (κ1) is 21.9. The van der Waals surface area contributed by atoms with Crippen LogP contribution in [-0.4, -0.2) is 92.8 Å². The van der Waals surface area contributed by atoms with Gasteiger partial charge in [0.2, 0.25) is 0 Å². The highest BCUT2D eigenvalue weighted by Gasteiger charge is 2.42. The number of unbranched alkanes of at least 4 members (excludes halogenated alkanes) is 1. The molecule has 0 bridgehead atoms. The van der Waals surface area contributed by atoms with E-state index in [0.717, 1.165) is 18.6 Å². The molecule has 2 rings (SSSR count). The molecule has 0 aromatic carbocycles. The Labute approximate surface area is 160 Å². The third-order valence-corrected chi connectivity index (χ3v) is 6.24. The largest absolute Gasteiger partial charge is 0.452 e. The van der Waals surface area contributed by atoms with Crippen LogP contribution in [0.3, 0.4) is 0 Å². The van der Waals surface area contributed by atoms with Crippen molar-refractivity contribution in [1.29, 1.82) is 0 Å². The van der Waals surface area contributed by atoms with Gasteiger partial charge >= 0.3 is 12.0 Å². The fraction of sp³-hybridized carbons (Fsp3) is 0.812. The number of fused-ring (bicyclic) bond motifs is 1. The van der Waals surface area contributed by atoms with Gasteiger partial charge in [-0.15, -0.1) is 0 Å². The third-order valence-electron chi connectivity index (χ3n) is 4.73. The molecule has 7 atom stereocenters. The second kappa shape index (κ2) is 10.2. The Balaban J connectivity index is 1.67. The molecule has 10 nitrogen and oxygen atoms in total. The van der Waals surface area contributed by atoms with Gasteiger partial charge in [0.15, 0.2) is 12.4 Å². The number of urea groups is 1. The summed E-state index contributed by atoms with van der Waals surface area (Å²) in [5.74, 6) is 0.154. The van der Waals surface area contributed by atoms with Crippen molar-refractivity contribution in [1.82, 2.24) is 10.6 Å². The zero-order valence-corrected chi connectivity index (χ0v) is 15.5. The molecule has 2 aliphatic heterocycles. The number of rotatable bonds is 11. The zero-order chi connectivity index (χ0) is 20.0. The van der Waals surface area contributed by atoms with Crippen LogP contribution in [0.1, 0.15) is 25.7 Å². The van der Waals surface area contributed by atoms with Crippen molar-refractivity contribution < 1.29 is 39.5 Å². The molecular formula is C16H26N2O8S. The Kier molecular flexibility index (Phi) is 8.29. The summed E-state index contributed by atoms with van der Waals surface area (Å²) in [7, 11) is 0. The van der Waals surface area contributed by atoms with Crippen molar-refractivity contribution in [2.75, 3.05) is 12.4 Å². The quantitative estimate of drug-likeness (QED) is 0.0975. The molecule has 154 valence electrons.